The molecule has 0 atom stereocenters. The summed E-state index contributed by atoms with van der Waals surface area (Å²) in [6.07, 6.45) is 2.40. The molecule has 2 aromatic rings. The van der Waals surface area contributed by atoms with Crippen molar-refractivity contribution in [3.63, 3.8) is 0 Å². The number of rotatable bonds is 3. The fraction of sp³-hybridized carbons (Fsp3) is 0.273. The van der Waals surface area contributed by atoms with Crippen LogP contribution in [0.2, 0.25) is 0 Å². The molecule has 0 aromatic heterocycles. The highest BCUT2D eigenvalue weighted by atomic mass is 35.5. The number of carbonyl (C=O) groups excluding carboxylic acids is 2. The Balaban J connectivity index is 1.65. The van der Waals surface area contributed by atoms with Crippen LogP contribution in [0, 0.1) is 13.8 Å². The van der Waals surface area contributed by atoms with Gasteiger partial charge < -0.3 is 4.90 Å². The molecule has 0 N–H and O–H groups in total. The van der Waals surface area contributed by atoms with Gasteiger partial charge in [-0.3, -0.25) is 9.59 Å². The summed E-state index contributed by atoms with van der Waals surface area (Å²) in [5.74, 6) is -0.842. The molecule has 0 aliphatic carbocycles. The van der Waals surface area contributed by atoms with Gasteiger partial charge in [0.25, 0.3) is 11.8 Å². The highest BCUT2D eigenvalue weighted by Gasteiger charge is 2.39. The predicted molar refractivity (Wildman–Crippen MR) is 109 cm³/mol. The van der Waals surface area contributed by atoms with Crippen molar-refractivity contribution in [2.45, 2.75) is 26.7 Å². The molecule has 4 nitrogen and oxygen atoms in total. The third kappa shape index (κ3) is 3.04. The Morgan fingerprint density at radius 3 is 2.07 bits per heavy atom. The molecule has 2 heterocycles. The molecule has 0 radical (unpaired) electrons. The van der Waals surface area contributed by atoms with Gasteiger partial charge in [0.15, 0.2) is 0 Å². The number of imide groups is 1. The van der Waals surface area contributed by atoms with Crippen LogP contribution < -0.4 is 9.80 Å². The molecule has 2 aromatic carbocycles. The molecule has 0 unspecified atom stereocenters. The monoisotopic (exact) mass is 380 g/mol. The fourth-order valence-electron chi connectivity index (χ4n) is 3.67. The van der Waals surface area contributed by atoms with E-state index in [4.69, 9.17) is 11.6 Å². The van der Waals surface area contributed by atoms with Gasteiger partial charge in [0.1, 0.15) is 5.03 Å². The van der Waals surface area contributed by atoms with E-state index in [1.54, 1.807) is 0 Å². The molecular formula is C22H21ClN2O2. The van der Waals surface area contributed by atoms with Crippen LogP contribution in [0.3, 0.4) is 0 Å². The van der Waals surface area contributed by atoms with E-state index >= 15 is 0 Å². The fourth-order valence-corrected chi connectivity index (χ4v) is 3.95. The Morgan fingerprint density at radius 2 is 1.44 bits per heavy atom. The first-order valence-electron chi connectivity index (χ1n) is 9.18. The quantitative estimate of drug-likeness (QED) is 0.740. The summed E-state index contributed by atoms with van der Waals surface area (Å²) in [5, 5.41) is -0.0214. The summed E-state index contributed by atoms with van der Waals surface area (Å²) in [6, 6.07) is 13.2. The van der Waals surface area contributed by atoms with Gasteiger partial charge in [0, 0.05) is 18.8 Å². The second kappa shape index (κ2) is 6.86. The molecule has 0 spiro atoms. The summed E-state index contributed by atoms with van der Waals surface area (Å²) in [4.78, 5) is 29.2. The van der Waals surface area contributed by atoms with E-state index in [-0.39, 0.29) is 16.5 Å². The van der Waals surface area contributed by atoms with Crippen molar-refractivity contribution in [1.82, 2.24) is 0 Å². The van der Waals surface area contributed by atoms with Crippen molar-refractivity contribution in [3.8, 4) is 0 Å². The van der Waals surface area contributed by atoms with E-state index < -0.39 is 5.91 Å². The van der Waals surface area contributed by atoms with Crippen LogP contribution in [0.15, 0.2) is 47.5 Å². The van der Waals surface area contributed by atoms with Crippen molar-refractivity contribution in [3.05, 3.63) is 64.2 Å². The molecular weight excluding hydrogens is 360 g/mol. The first-order chi connectivity index (χ1) is 13.0. The van der Waals surface area contributed by atoms with E-state index in [0.29, 0.717) is 11.3 Å². The van der Waals surface area contributed by atoms with Crippen molar-refractivity contribution >= 4 is 40.4 Å². The van der Waals surface area contributed by atoms with Crippen molar-refractivity contribution in [1.29, 1.82) is 0 Å². The lowest BCUT2D eigenvalue weighted by Gasteiger charge is -2.20. The molecule has 5 heteroatoms. The second-order valence-corrected chi connectivity index (χ2v) is 7.52. The Labute approximate surface area is 164 Å². The summed E-state index contributed by atoms with van der Waals surface area (Å²) >= 11 is 6.29. The van der Waals surface area contributed by atoms with Gasteiger partial charge >= 0.3 is 0 Å². The molecule has 27 heavy (non-hydrogen) atoms. The maximum atomic E-state index is 13.0. The minimum Gasteiger partial charge on any atom is -0.372 e. The average Bonchev–Trinajstić information content (AvgIpc) is 3.26. The summed E-state index contributed by atoms with van der Waals surface area (Å²) in [7, 11) is 0. The number of aryl methyl sites for hydroxylation is 2. The third-order valence-electron chi connectivity index (χ3n) is 5.40. The molecule has 0 bridgehead atoms. The van der Waals surface area contributed by atoms with Crippen LogP contribution in [0.4, 0.5) is 11.4 Å². The first kappa shape index (κ1) is 17.8. The Hall–Kier alpha value is -2.59. The van der Waals surface area contributed by atoms with Crippen LogP contribution in [0.1, 0.15) is 29.5 Å². The highest BCUT2D eigenvalue weighted by molar-refractivity contribution is 6.60. The van der Waals surface area contributed by atoms with Gasteiger partial charge in [-0.15, -0.1) is 0 Å². The lowest BCUT2D eigenvalue weighted by Crippen LogP contribution is -2.31. The molecule has 0 saturated carbocycles. The zero-order valence-electron chi connectivity index (χ0n) is 15.5. The van der Waals surface area contributed by atoms with Crippen molar-refractivity contribution < 1.29 is 9.59 Å². The van der Waals surface area contributed by atoms with E-state index in [2.05, 4.69) is 4.90 Å². The van der Waals surface area contributed by atoms with E-state index in [9.17, 15) is 9.59 Å². The predicted octanol–water partition coefficient (Wildman–Crippen LogP) is 4.43. The largest absolute Gasteiger partial charge is 0.372 e. The van der Waals surface area contributed by atoms with Crippen LogP contribution in [-0.4, -0.2) is 24.9 Å². The van der Waals surface area contributed by atoms with Gasteiger partial charge in [0.2, 0.25) is 0 Å². The SMILES string of the molecule is Cc1ccc(C2=C(Cl)C(=O)N(c3ccc(N4CCCC4)cc3)C2=O)cc1C. The Bertz CT molecular complexity index is 957. The number of halogens is 1. The minimum atomic E-state index is -0.469. The van der Waals surface area contributed by atoms with Crippen LogP contribution in [0.25, 0.3) is 5.57 Å². The van der Waals surface area contributed by atoms with Crippen LogP contribution in [-0.2, 0) is 9.59 Å². The molecule has 2 aliphatic rings. The number of amides is 2. The molecule has 4 rings (SSSR count). The number of hydrogen-bond acceptors (Lipinski definition) is 3. The summed E-state index contributed by atoms with van der Waals surface area (Å²) < 4.78 is 0. The number of hydrogen-bond donors (Lipinski definition) is 0. The lowest BCUT2D eigenvalue weighted by atomic mass is 10.0. The number of anilines is 2. The topological polar surface area (TPSA) is 40.6 Å². The lowest BCUT2D eigenvalue weighted by molar-refractivity contribution is -0.119. The molecule has 2 aliphatic heterocycles. The number of benzene rings is 2. The zero-order chi connectivity index (χ0) is 19.1. The summed E-state index contributed by atoms with van der Waals surface area (Å²) in [6.45, 7) is 6.07. The minimum absolute atomic E-state index is 0.0214. The van der Waals surface area contributed by atoms with Crippen molar-refractivity contribution in [2.24, 2.45) is 0 Å². The molecule has 138 valence electrons. The van der Waals surface area contributed by atoms with Gasteiger partial charge in [0.05, 0.1) is 11.3 Å². The smallest absolute Gasteiger partial charge is 0.277 e. The average molecular weight is 381 g/mol. The zero-order valence-corrected chi connectivity index (χ0v) is 16.2. The van der Waals surface area contributed by atoms with E-state index in [1.165, 1.54) is 17.7 Å². The second-order valence-electron chi connectivity index (χ2n) is 7.14. The first-order valence-corrected chi connectivity index (χ1v) is 9.56. The maximum absolute atomic E-state index is 13.0. The number of nitrogens with zero attached hydrogens (tertiary/aromatic N) is 2. The van der Waals surface area contributed by atoms with Gasteiger partial charge in [-0.1, -0.05) is 29.8 Å². The van der Waals surface area contributed by atoms with Crippen LogP contribution >= 0.6 is 11.6 Å². The van der Waals surface area contributed by atoms with Gasteiger partial charge in [-0.05, 0) is 67.6 Å². The maximum Gasteiger partial charge on any atom is 0.277 e. The van der Waals surface area contributed by atoms with E-state index in [1.807, 2.05) is 56.3 Å². The molecule has 1 saturated heterocycles. The van der Waals surface area contributed by atoms with Gasteiger partial charge in [-0.2, -0.15) is 0 Å². The number of carbonyl (C=O) groups is 2. The molecule has 2 amide bonds. The van der Waals surface area contributed by atoms with Crippen molar-refractivity contribution in [2.75, 3.05) is 22.9 Å². The van der Waals surface area contributed by atoms with Gasteiger partial charge in [-0.25, -0.2) is 4.90 Å². The third-order valence-corrected chi connectivity index (χ3v) is 5.75. The Morgan fingerprint density at radius 1 is 0.815 bits per heavy atom. The molecule has 1 fully saturated rings. The summed E-state index contributed by atoms with van der Waals surface area (Å²) in [5.41, 5.74) is 4.79. The highest BCUT2D eigenvalue weighted by Crippen LogP contribution is 2.36. The van der Waals surface area contributed by atoms with Crippen LogP contribution in [0.5, 0.6) is 0 Å². The standard InChI is InChI=1S/C22H21ClN2O2/c1-14-5-6-16(13-15(14)2)19-20(23)22(27)25(21(19)26)18-9-7-17(8-10-18)24-11-3-4-12-24/h5-10,13H,3-4,11-12H2,1-2H3. The van der Waals surface area contributed by atoms with E-state index in [0.717, 1.165) is 29.9 Å². The Kier molecular flexibility index (Phi) is 4.52. The normalized spacial score (nSPS) is 17.4.